The van der Waals surface area contributed by atoms with Crippen molar-refractivity contribution in [3.05, 3.63) is 0 Å². The Kier molecular flexibility index (Phi) is 71.5. The zero-order valence-corrected chi connectivity index (χ0v) is 80.3. The number of nitrogens with one attached hydrogen (secondary N) is 7. The van der Waals surface area contributed by atoms with Gasteiger partial charge in [0.15, 0.2) is 0 Å². The molecule has 29 nitrogen and oxygen atoms in total. The van der Waals surface area contributed by atoms with Gasteiger partial charge in [0.25, 0.3) is 0 Å². The second-order valence-corrected chi connectivity index (χ2v) is 39.1. The maximum absolute atomic E-state index is 10.5. The molecule has 7 N–H and O–H groups in total. The van der Waals surface area contributed by atoms with E-state index in [1.165, 1.54) is 116 Å². The van der Waals surface area contributed by atoms with Gasteiger partial charge in [-0.2, -0.15) is 0 Å². The average Bonchev–Trinajstić information content (AvgIpc) is 1.73. The molecule has 0 bridgehead atoms. The van der Waals surface area contributed by atoms with Crippen LogP contribution in [0, 0.1) is 0 Å². The van der Waals surface area contributed by atoms with Crippen molar-refractivity contribution in [2.24, 2.45) is 0 Å². The molecule has 1 rings (SSSR count). The van der Waals surface area contributed by atoms with Crippen molar-refractivity contribution >= 4 is 50.1 Å². The molecule has 0 aromatic carbocycles. The molecule has 31 heteroatoms. The van der Waals surface area contributed by atoms with Crippen molar-refractivity contribution in [3.8, 4) is 0 Å². The van der Waals surface area contributed by atoms with E-state index in [0.29, 0.717) is 25.9 Å². The molecule has 4 atom stereocenters. The van der Waals surface area contributed by atoms with Gasteiger partial charge < -0.3 is 75.8 Å². The molecule has 4 unspecified atom stereocenters. The summed E-state index contributed by atoms with van der Waals surface area (Å²) in [5, 5.41) is 30.8. The fraction of sp³-hybridized carbons (Fsp3) is 0.938. The fourth-order valence-electron chi connectivity index (χ4n) is 12.2. The minimum atomic E-state index is -4.03. The third-order valence-corrected chi connectivity index (χ3v) is 20.9. The molecule has 0 amide bonds. The second kappa shape index (κ2) is 67.2. The van der Waals surface area contributed by atoms with Crippen molar-refractivity contribution < 1.29 is 101 Å². The van der Waals surface area contributed by atoms with Crippen LogP contribution in [-0.2, 0) is 29.8 Å². The van der Waals surface area contributed by atoms with Gasteiger partial charge in [-0.15, -0.1) is 0 Å². The van der Waals surface area contributed by atoms with E-state index in [1.807, 2.05) is 70.5 Å². The normalized spacial score (nSPS) is 13.6. The highest BCUT2D eigenvalue weighted by Crippen LogP contribution is 2.06. The van der Waals surface area contributed by atoms with Gasteiger partial charge in [-0.25, -0.2) is 16.8 Å². The van der Waals surface area contributed by atoms with Gasteiger partial charge in [0.1, 0.15) is 39.3 Å². The summed E-state index contributed by atoms with van der Waals surface area (Å²) in [6.07, 6.45) is 17.7. The quantitative estimate of drug-likeness (QED) is 0.00773. The van der Waals surface area contributed by atoms with Crippen LogP contribution in [0.4, 0.5) is 0 Å². The van der Waals surface area contributed by atoms with Crippen LogP contribution in [-0.4, -0.2) is 464 Å². The van der Waals surface area contributed by atoms with Crippen molar-refractivity contribution in [2.45, 2.75) is 150 Å². The highest BCUT2D eigenvalue weighted by molar-refractivity contribution is 7.85. The van der Waals surface area contributed by atoms with Crippen LogP contribution in [0.25, 0.3) is 0 Å². The SMILES string of the molecule is CCCCC[N+](C)(C)CCC[NH+](C)CCCCS(=O)(=O)[O-].CCCCC[N+](C)(C)CC[NH+](C)CCCCS(=O)(=O)[O-].CCCNC(N(C)C)=[N+](C)C.CCC[N+](C)(C)CCC[NH+](C)CCC(=O)[O-].CCC[N+](C)(C)CC[NH+](C)CCC(=O)[O-].CN(C)CCCNC(N(C)C)=[N+](C)C.CN1CC[N+](C)=C1NCC[N+](C)(C)C. The van der Waals surface area contributed by atoms with Crippen molar-refractivity contribution in [1.82, 2.24) is 35.6 Å². The van der Waals surface area contributed by atoms with Gasteiger partial charge in [-0.3, -0.25) is 44.4 Å². The first-order valence-electron chi connectivity index (χ1n) is 42.2. The zero-order chi connectivity index (χ0) is 87.3. The minimum absolute atomic E-state index is 0.160. The highest BCUT2D eigenvalue weighted by atomic mass is 32.2. The molecule has 0 radical (unpaired) electrons. The lowest BCUT2D eigenvalue weighted by molar-refractivity contribution is -0.942. The minimum Gasteiger partial charge on any atom is -0.748 e. The molecule has 1 aliphatic rings. The molecule has 0 fully saturated rings. The van der Waals surface area contributed by atoms with Crippen LogP contribution in [0.15, 0.2) is 0 Å². The number of rotatable bonds is 51. The standard InChI is InChI=1S/C15H34N2O3S.C14H32N2O3S.C12H26N2O2.C11H24N2O2.C10H23N4.C10H24N4.C8H19N3/c1-5-6-8-13-17(3,4)14-10-12-16(2)11-7-9-15-21(18,19)20;1-5-6-8-12-16(3,4)13-11-15(2)10-7-9-14-20(17,18)19;1-5-10-14(3,4)11-6-8-13(2)9-7-12(15)16;1-5-9-13(3,4)10-8-12(2)7-6-11(14)15;1-12-7-8-13(2)10(12)11-6-9-14(3,4)5;1-12(2)9-7-8-11-10(13(3)4)14(5)6;1-6-7-9-8(10(2)3)11(4)5/h5-15H2,1-4H3;5-14H2,1-4H3;5-11H2,1-4H3;5-10H2,1-4H3;6-9H2,1-5H3;7-9H2,1-6H3;6-7H2,1-5H3/q;;;;+1;;/p+7. The monoisotopic (exact) mass is 1640 g/mol. The lowest BCUT2D eigenvalue weighted by atomic mass is 10.2. The number of carboxylic acids is 2. The fourth-order valence-corrected chi connectivity index (χ4v) is 13.3. The first kappa shape index (κ1) is 118. The van der Waals surface area contributed by atoms with E-state index in [-0.39, 0.29) is 24.3 Å². The molecule has 0 saturated carbocycles. The Bertz CT molecular complexity index is 2620. The first-order chi connectivity index (χ1) is 51.0. The molecule has 0 aromatic rings. The van der Waals surface area contributed by atoms with Gasteiger partial charge in [0, 0.05) is 55.7 Å². The lowest BCUT2D eigenvalue weighted by Gasteiger charge is -2.30. The van der Waals surface area contributed by atoms with Crippen LogP contribution in [0.3, 0.4) is 0 Å². The van der Waals surface area contributed by atoms with Crippen LogP contribution in [0.2, 0.25) is 0 Å². The largest absolute Gasteiger partial charge is 0.748 e. The first-order valence-corrected chi connectivity index (χ1v) is 45.4. The number of guanidine groups is 3. The number of hydrogen-bond donors (Lipinski definition) is 7. The predicted molar refractivity (Wildman–Crippen MR) is 460 cm³/mol. The summed E-state index contributed by atoms with van der Waals surface area (Å²) < 4.78 is 74.6. The molecular weight excluding hydrogens is 1450 g/mol. The maximum atomic E-state index is 10.5. The van der Waals surface area contributed by atoms with Crippen LogP contribution < -0.4 is 45.8 Å². The Morgan fingerprint density at radius 1 is 0.450 bits per heavy atom. The number of hydrogen-bond acceptors (Lipinski definition) is 13. The van der Waals surface area contributed by atoms with Crippen molar-refractivity contribution in [1.29, 1.82) is 0 Å². The van der Waals surface area contributed by atoms with E-state index in [4.69, 9.17) is 0 Å². The van der Waals surface area contributed by atoms with Crippen molar-refractivity contribution in [3.63, 3.8) is 0 Å². The molecule has 1 aliphatic heterocycles. The molecule has 111 heavy (non-hydrogen) atoms. The lowest BCUT2D eigenvalue weighted by Crippen LogP contribution is -3.10. The molecule has 0 aliphatic carbocycles. The van der Waals surface area contributed by atoms with Crippen LogP contribution in [0.1, 0.15) is 150 Å². The molecule has 0 saturated heterocycles. The molecular formula is C80H189N19O10S2+8. The van der Waals surface area contributed by atoms with Crippen LogP contribution >= 0.6 is 0 Å². The van der Waals surface area contributed by atoms with E-state index < -0.39 is 32.2 Å². The number of aliphatic carboxylic acids is 2. The van der Waals surface area contributed by atoms with Gasteiger partial charge in [-0.1, -0.05) is 47.5 Å². The average molecular weight is 1640 g/mol. The Morgan fingerprint density at radius 2 is 0.793 bits per heavy atom. The number of likely N-dealkylation sites (N-methyl/N-ethyl adjacent to an activating group) is 7. The number of quaternary nitrogens is 9. The Labute approximate surface area is 686 Å². The Balaban J connectivity index is -0.000000292. The molecule has 668 valence electrons. The zero-order valence-electron chi connectivity index (χ0n) is 78.7. The number of carbonyl (C=O) groups is 2. The summed E-state index contributed by atoms with van der Waals surface area (Å²) in [7, 11) is 49.8. The predicted octanol–water partition coefficient (Wildman–Crippen LogP) is -3.66. The number of carbonyl (C=O) groups excluding carboxylic acids is 2. The van der Waals surface area contributed by atoms with Gasteiger partial charge in [0.2, 0.25) is 0 Å². The smallest absolute Gasteiger partial charge is 0.348 e. The summed E-state index contributed by atoms with van der Waals surface area (Å²) in [5.74, 6) is 1.24. The van der Waals surface area contributed by atoms with Gasteiger partial charge >= 0.3 is 17.9 Å². The summed E-state index contributed by atoms with van der Waals surface area (Å²) in [5.41, 5.74) is 0. The topological polar surface area (TPSA) is 270 Å². The molecule has 0 aromatic heterocycles. The van der Waals surface area contributed by atoms with E-state index in [2.05, 4.69) is 204 Å². The summed E-state index contributed by atoms with van der Waals surface area (Å²) in [4.78, 5) is 34.6. The van der Waals surface area contributed by atoms with E-state index in [9.17, 15) is 45.7 Å². The number of unbranched alkanes of at least 4 members (excludes halogenated alkanes) is 6. The third kappa shape index (κ3) is 86.9. The number of carboxylic acid groups (broad SMARTS) is 2. The van der Waals surface area contributed by atoms with E-state index >= 15 is 0 Å². The third-order valence-electron chi connectivity index (χ3n) is 19.3. The Morgan fingerprint density at radius 3 is 1.12 bits per heavy atom. The van der Waals surface area contributed by atoms with E-state index in [1.54, 1.807) is 0 Å². The molecule has 1 heterocycles. The van der Waals surface area contributed by atoms with Crippen LogP contribution in [0.5, 0.6) is 0 Å². The van der Waals surface area contributed by atoms with Gasteiger partial charge in [-0.05, 0) is 91.1 Å². The van der Waals surface area contributed by atoms with Gasteiger partial charge in [0.05, 0.1) is 301 Å². The van der Waals surface area contributed by atoms with Crippen molar-refractivity contribution in [2.75, 3.05) is 352 Å². The summed E-state index contributed by atoms with van der Waals surface area (Å²) in [6, 6.07) is 0. The maximum Gasteiger partial charge on any atom is 0.348 e. The molecule has 0 spiro atoms. The second-order valence-electron chi connectivity index (χ2n) is 36.0. The summed E-state index contributed by atoms with van der Waals surface area (Å²) in [6.45, 7) is 35.5. The number of nitrogens with zero attached hydrogens (tertiary/aromatic N) is 12. The summed E-state index contributed by atoms with van der Waals surface area (Å²) >= 11 is 0. The van der Waals surface area contributed by atoms with E-state index in [0.717, 1.165) is 171 Å². The highest BCUT2D eigenvalue weighted by Gasteiger charge is 2.25. The Hall–Kier alpha value is -3.83.